The van der Waals surface area contributed by atoms with E-state index in [1.165, 1.54) is 0 Å². The Labute approximate surface area is 113 Å². The van der Waals surface area contributed by atoms with Gasteiger partial charge in [0, 0.05) is 13.2 Å². The molecule has 6 heteroatoms. The molecule has 0 aliphatic carbocycles. The number of para-hydroxylation sites is 1. The maximum absolute atomic E-state index is 12.0. The normalized spacial score (nSPS) is 11.5. The summed E-state index contributed by atoms with van der Waals surface area (Å²) in [6.07, 6.45) is 3.47. The van der Waals surface area contributed by atoms with Crippen molar-refractivity contribution in [2.24, 2.45) is 7.05 Å². The van der Waals surface area contributed by atoms with E-state index < -0.39 is 9.84 Å². The average molecular weight is 279 g/mol. The topological polar surface area (TPSA) is 64.0 Å². The minimum atomic E-state index is -3.21. The van der Waals surface area contributed by atoms with E-state index in [9.17, 15) is 8.42 Å². The van der Waals surface area contributed by atoms with Gasteiger partial charge in [-0.05, 0) is 12.1 Å². The van der Waals surface area contributed by atoms with Gasteiger partial charge in [-0.1, -0.05) is 19.1 Å². The highest BCUT2D eigenvalue weighted by Gasteiger charge is 2.15. The van der Waals surface area contributed by atoms with Crippen molar-refractivity contribution in [3.05, 3.63) is 42.5 Å². The highest BCUT2D eigenvalue weighted by molar-refractivity contribution is 7.91. The second-order valence-electron chi connectivity index (χ2n) is 4.25. The molecule has 0 atom stereocenters. The zero-order valence-electron chi connectivity index (χ0n) is 11.0. The van der Waals surface area contributed by atoms with Crippen molar-refractivity contribution in [1.82, 2.24) is 9.55 Å². The molecule has 0 saturated heterocycles. The fraction of sp³-hybridized carbons (Fsp3) is 0.308. The lowest BCUT2D eigenvalue weighted by Crippen LogP contribution is -2.10. The minimum absolute atomic E-state index is 0.0946. The molecule has 2 rings (SSSR count). The van der Waals surface area contributed by atoms with Gasteiger partial charge in [0.15, 0.2) is 9.84 Å². The van der Waals surface area contributed by atoms with Crippen LogP contribution in [0.4, 0.5) is 5.69 Å². The minimum Gasteiger partial charge on any atom is -0.378 e. The molecule has 0 unspecified atom stereocenters. The van der Waals surface area contributed by atoms with Gasteiger partial charge in [0.1, 0.15) is 0 Å². The number of sulfone groups is 1. The van der Waals surface area contributed by atoms with Crippen molar-refractivity contribution < 1.29 is 8.42 Å². The molecule has 0 saturated carbocycles. The van der Waals surface area contributed by atoms with E-state index in [0.717, 1.165) is 5.69 Å². The first-order valence-corrected chi connectivity index (χ1v) is 7.70. The molecular weight excluding hydrogens is 262 g/mol. The van der Waals surface area contributed by atoms with Crippen LogP contribution in [-0.4, -0.2) is 23.7 Å². The number of nitrogens with one attached hydrogen (secondary N) is 1. The maximum Gasteiger partial charge on any atom is 0.180 e. The van der Waals surface area contributed by atoms with Crippen molar-refractivity contribution >= 4 is 15.5 Å². The quantitative estimate of drug-likeness (QED) is 0.907. The summed E-state index contributed by atoms with van der Waals surface area (Å²) in [5.41, 5.74) is 1.62. The number of nitrogens with zero attached hydrogens (tertiary/aromatic N) is 2. The van der Waals surface area contributed by atoms with Gasteiger partial charge in [-0.15, -0.1) is 0 Å². The second-order valence-corrected chi connectivity index (χ2v) is 6.50. The Morgan fingerprint density at radius 3 is 2.68 bits per heavy atom. The van der Waals surface area contributed by atoms with Crippen LogP contribution in [0.1, 0.15) is 12.6 Å². The third-order valence-corrected chi connectivity index (χ3v) is 4.76. The lowest BCUT2D eigenvalue weighted by molar-refractivity contribution is 0.597. The van der Waals surface area contributed by atoms with Crippen LogP contribution in [0.5, 0.6) is 0 Å². The fourth-order valence-corrected chi connectivity index (χ4v) is 2.85. The smallest absolute Gasteiger partial charge is 0.180 e. The molecule has 102 valence electrons. The van der Waals surface area contributed by atoms with E-state index >= 15 is 0 Å². The lowest BCUT2D eigenvalue weighted by atomic mass is 10.3. The van der Waals surface area contributed by atoms with Gasteiger partial charge < -0.3 is 9.88 Å². The van der Waals surface area contributed by atoms with Crippen LogP contribution in [0.15, 0.2) is 41.7 Å². The average Bonchev–Trinajstić information content (AvgIpc) is 2.82. The molecule has 0 fully saturated rings. The number of imidazole rings is 1. The molecule has 5 nitrogen and oxygen atoms in total. The van der Waals surface area contributed by atoms with Crippen LogP contribution in [0.3, 0.4) is 0 Å². The third-order valence-electron chi connectivity index (χ3n) is 2.98. The van der Waals surface area contributed by atoms with E-state index in [2.05, 4.69) is 10.3 Å². The monoisotopic (exact) mass is 279 g/mol. The Balaban J connectivity index is 2.24. The van der Waals surface area contributed by atoms with Crippen molar-refractivity contribution in [3.63, 3.8) is 0 Å². The van der Waals surface area contributed by atoms with E-state index in [1.54, 1.807) is 37.6 Å². The van der Waals surface area contributed by atoms with Gasteiger partial charge in [0.05, 0.1) is 34.9 Å². The van der Waals surface area contributed by atoms with Crippen LogP contribution < -0.4 is 5.32 Å². The third kappa shape index (κ3) is 2.96. The van der Waals surface area contributed by atoms with Gasteiger partial charge in [0.25, 0.3) is 0 Å². The summed E-state index contributed by atoms with van der Waals surface area (Å²) in [6.45, 7) is 2.18. The van der Waals surface area contributed by atoms with Crippen molar-refractivity contribution in [2.75, 3.05) is 11.1 Å². The number of aromatic nitrogens is 2. The van der Waals surface area contributed by atoms with Gasteiger partial charge >= 0.3 is 0 Å². The molecule has 19 heavy (non-hydrogen) atoms. The van der Waals surface area contributed by atoms with Crippen LogP contribution in [0.2, 0.25) is 0 Å². The number of benzene rings is 1. The maximum atomic E-state index is 12.0. The number of hydrogen-bond donors (Lipinski definition) is 1. The molecule has 0 spiro atoms. The molecule has 2 aromatic rings. The predicted octanol–water partition coefficient (Wildman–Crippen LogP) is 1.83. The zero-order valence-corrected chi connectivity index (χ0v) is 11.8. The molecule has 0 aliphatic heterocycles. The van der Waals surface area contributed by atoms with Crippen molar-refractivity contribution in [3.8, 4) is 0 Å². The number of anilines is 1. The Morgan fingerprint density at radius 2 is 2.05 bits per heavy atom. The zero-order chi connectivity index (χ0) is 13.9. The van der Waals surface area contributed by atoms with Crippen LogP contribution in [0, 0.1) is 0 Å². The summed E-state index contributed by atoms with van der Waals surface area (Å²) >= 11 is 0. The summed E-state index contributed by atoms with van der Waals surface area (Å²) in [5.74, 6) is 0.0946. The molecule has 1 aromatic heterocycles. The SMILES string of the molecule is CCS(=O)(=O)c1ccccc1NCc1cncn1C. The Kier molecular flexibility index (Phi) is 3.90. The molecule has 1 heterocycles. The van der Waals surface area contributed by atoms with E-state index in [0.29, 0.717) is 17.1 Å². The van der Waals surface area contributed by atoms with Crippen LogP contribution >= 0.6 is 0 Å². The fourth-order valence-electron chi connectivity index (χ4n) is 1.78. The highest BCUT2D eigenvalue weighted by Crippen LogP contribution is 2.22. The second kappa shape index (κ2) is 5.44. The molecule has 1 N–H and O–H groups in total. The summed E-state index contributed by atoms with van der Waals surface area (Å²) in [7, 11) is -1.31. The van der Waals surface area contributed by atoms with Crippen molar-refractivity contribution in [2.45, 2.75) is 18.4 Å². The van der Waals surface area contributed by atoms with Gasteiger partial charge in [0.2, 0.25) is 0 Å². The Bertz CT molecular complexity index is 662. The predicted molar refractivity (Wildman–Crippen MR) is 74.7 cm³/mol. The molecule has 0 bridgehead atoms. The summed E-state index contributed by atoms with van der Waals surface area (Å²) in [5, 5.41) is 3.16. The first-order chi connectivity index (χ1) is 9.04. The largest absolute Gasteiger partial charge is 0.378 e. The van der Waals surface area contributed by atoms with E-state index in [1.807, 2.05) is 17.7 Å². The molecule has 0 amide bonds. The first kappa shape index (κ1) is 13.6. The first-order valence-electron chi connectivity index (χ1n) is 6.05. The Hall–Kier alpha value is -1.82. The van der Waals surface area contributed by atoms with Crippen LogP contribution in [0.25, 0.3) is 0 Å². The van der Waals surface area contributed by atoms with Gasteiger partial charge in [-0.3, -0.25) is 0 Å². The van der Waals surface area contributed by atoms with Crippen LogP contribution in [-0.2, 0) is 23.4 Å². The van der Waals surface area contributed by atoms with E-state index in [-0.39, 0.29) is 5.75 Å². The molecule has 0 aliphatic rings. The highest BCUT2D eigenvalue weighted by atomic mass is 32.2. The summed E-state index contributed by atoms with van der Waals surface area (Å²) < 4.78 is 25.9. The standard InChI is InChI=1S/C13H17N3O2S/c1-3-19(17,18)13-7-5-4-6-12(13)15-9-11-8-14-10-16(11)2/h4-8,10,15H,3,9H2,1-2H3. The lowest BCUT2D eigenvalue weighted by Gasteiger charge is -2.11. The van der Waals surface area contributed by atoms with Gasteiger partial charge in [-0.25, -0.2) is 13.4 Å². The summed E-state index contributed by atoms with van der Waals surface area (Å²) in [6, 6.07) is 6.96. The number of aryl methyl sites for hydroxylation is 1. The number of rotatable bonds is 5. The molecule has 0 radical (unpaired) electrons. The Morgan fingerprint density at radius 1 is 1.32 bits per heavy atom. The molecular formula is C13H17N3O2S. The van der Waals surface area contributed by atoms with Gasteiger partial charge in [-0.2, -0.15) is 0 Å². The van der Waals surface area contributed by atoms with Crippen molar-refractivity contribution in [1.29, 1.82) is 0 Å². The summed E-state index contributed by atoms with van der Waals surface area (Å²) in [4.78, 5) is 4.37. The number of hydrogen-bond acceptors (Lipinski definition) is 4. The molecule has 1 aromatic carbocycles. The van der Waals surface area contributed by atoms with E-state index in [4.69, 9.17) is 0 Å².